The van der Waals surface area contributed by atoms with Crippen molar-refractivity contribution in [3.05, 3.63) is 78.1 Å². The van der Waals surface area contributed by atoms with Gasteiger partial charge in [0, 0.05) is 31.5 Å². The number of piperidine rings is 1. The van der Waals surface area contributed by atoms with E-state index in [9.17, 15) is 4.79 Å². The highest BCUT2D eigenvalue weighted by molar-refractivity contribution is 5.83. The third kappa shape index (κ3) is 4.32. The molecule has 0 aliphatic carbocycles. The van der Waals surface area contributed by atoms with Crippen molar-refractivity contribution in [1.82, 2.24) is 14.9 Å². The Morgan fingerprint density at radius 3 is 2.77 bits per heavy atom. The van der Waals surface area contributed by atoms with E-state index in [1.54, 1.807) is 0 Å². The van der Waals surface area contributed by atoms with Gasteiger partial charge in [-0.2, -0.15) is 0 Å². The molecule has 2 heterocycles. The molecule has 1 fully saturated rings. The molecule has 0 saturated carbocycles. The fourth-order valence-corrected chi connectivity index (χ4v) is 4.69. The molecule has 1 saturated heterocycles. The Hall–Kier alpha value is -3.18. The highest BCUT2D eigenvalue weighted by Crippen LogP contribution is 2.27. The monoisotopic (exact) mass is 412 g/mol. The summed E-state index contributed by atoms with van der Waals surface area (Å²) < 4.78 is 0. The van der Waals surface area contributed by atoms with Crippen molar-refractivity contribution in [2.45, 2.75) is 37.6 Å². The number of amides is 1. The third-order valence-corrected chi connectivity index (χ3v) is 6.32. The maximum atomic E-state index is 13.0. The van der Waals surface area contributed by atoms with Gasteiger partial charge in [-0.05, 0) is 47.7 Å². The quantitative estimate of drug-likeness (QED) is 0.511. The van der Waals surface area contributed by atoms with Gasteiger partial charge in [-0.25, -0.2) is 4.98 Å². The Morgan fingerprint density at radius 1 is 1.10 bits per heavy atom. The van der Waals surface area contributed by atoms with Crippen LogP contribution in [0.1, 0.15) is 36.6 Å². The summed E-state index contributed by atoms with van der Waals surface area (Å²) in [7, 11) is 0. The van der Waals surface area contributed by atoms with Crippen LogP contribution in [-0.2, 0) is 11.2 Å². The molecule has 0 radical (unpaired) electrons. The van der Waals surface area contributed by atoms with E-state index < -0.39 is 0 Å². The molecule has 1 aliphatic rings. The average Bonchev–Trinajstić information content (AvgIpc) is 3.23. The Balaban J connectivity index is 1.21. The standard InChI is InChI=1S/C26H28N4O/c27-22(15-18-11-12-19-6-1-2-7-20(19)14-18)16-25(31)30-13-5-8-21(17-30)26-28-23-9-3-4-10-24(23)29-26/h1-4,6-7,9-12,14,21-22H,5,8,13,15-17,27H2,(H,28,29)/t21?,22-/m1/s1. The zero-order valence-electron chi connectivity index (χ0n) is 17.6. The number of H-pyrrole nitrogens is 1. The number of hydrogen-bond donors (Lipinski definition) is 2. The summed E-state index contributed by atoms with van der Waals surface area (Å²) in [4.78, 5) is 23.1. The highest BCUT2D eigenvalue weighted by Gasteiger charge is 2.27. The molecule has 2 atom stereocenters. The number of rotatable bonds is 5. The maximum Gasteiger partial charge on any atom is 0.224 e. The number of fused-ring (bicyclic) bond motifs is 2. The first-order chi connectivity index (χ1) is 15.2. The summed E-state index contributed by atoms with van der Waals surface area (Å²) in [6, 6.07) is 22.6. The molecule has 0 spiro atoms. The lowest BCUT2D eigenvalue weighted by Gasteiger charge is -2.32. The predicted molar refractivity (Wildman–Crippen MR) is 125 cm³/mol. The molecule has 158 valence electrons. The van der Waals surface area contributed by atoms with Gasteiger partial charge in [0.1, 0.15) is 5.82 Å². The SMILES string of the molecule is N[C@@H](CC(=O)N1CCCC(c2nc3ccccc3[nH]2)C1)Cc1ccc2ccccc2c1. The van der Waals surface area contributed by atoms with Crippen molar-refractivity contribution < 1.29 is 4.79 Å². The van der Waals surface area contributed by atoms with Gasteiger partial charge >= 0.3 is 0 Å². The summed E-state index contributed by atoms with van der Waals surface area (Å²) in [5.41, 5.74) is 9.61. The Labute approximate surface area is 182 Å². The number of aromatic amines is 1. The van der Waals surface area contributed by atoms with Gasteiger partial charge in [0.25, 0.3) is 0 Å². The molecule has 1 aliphatic heterocycles. The lowest BCUT2D eigenvalue weighted by molar-refractivity contribution is -0.132. The first kappa shape index (κ1) is 19.8. The molecular formula is C26H28N4O. The molecule has 31 heavy (non-hydrogen) atoms. The number of carbonyl (C=O) groups is 1. The first-order valence-corrected chi connectivity index (χ1v) is 11.1. The van der Waals surface area contributed by atoms with Crippen molar-refractivity contribution >= 4 is 27.7 Å². The smallest absolute Gasteiger partial charge is 0.224 e. The highest BCUT2D eigenvalue weighted by atomic mass is 16.2. The van der Waals surface area contributed by atoms with Crippen molar-refractivity contribution in [1.29, 1.82) is 0 Å². The van der Waals surface area contributed by atoms with Crippen molar-refractivity contribution in [3.8, 4) is 0 Å². The van der Waals surface area contributed by atoms with Crippen LogP contribution >= 0.6 is 0 Å². The van der Waals surface area contributed by atoms with Crippen LogP contribution in [-0.4, -0.2) is 39.9 Å². The van der Waals surface area contributed by atoms with E-state index in [0.29, 0.717) is 19.4 Å². The number of hydrogen-bond acceptors (Lipinski definition) is 3. The van der Waals surface area contributed by atoms with Crippen molar-refractivity contribution in [2.75, 3.05) is 13.1 Å². The van der Waals surface area contributed by atoms with E-state index in [1.165, 1.54) is 16.3 Å². The molecule has 1 amide bonds. The second kappa shape index (κ2) is 8.52. The second-order valence-electron chi connectivity index (χ2n) is 8.67. The molecule has 0 bridgehead atoms. The third-order valence-electron chi connectivity index (χ3n) is 6.32. The summed E-state index contributed by atoms with van der Waals surface area (Å²) in [6.07, 6.45) is 3.12. The fraction of sp³-hybridized carbons (Fsp3) is 0.308. The van der Waals surface area contributed by atoms with E-state index in [4.69, 9.17) is 10.7 Å². The molecular weight excluding hydrogens is 384 g/mol. The van der Waals surface area contributed by atoms with Gasteiger partial charge in [-0.3, -0.25) is 4.79 Å². The van der Waals surface area contributed by atoms with Gasteiger partial charge in [-0.1, -0.05) is 54.6 Å². The zero-order chi connectivity index (χ0) is 21.2. The zero-order valence-corrected chi connectivity index (χ0v) is 17.6. The van der Waals surface area contributed by atoms with Crippen LogP contribution in [0.25, 0.3) is 21.8 Å². The van der Waals surface area contributed by atoms with Gasteiger partial charge in [-0.15, -0.1) is 0 Å². The summed E-state index contributed by atoms with van der Waals surface area (Å²) in [6.45, 7) is 1.51. The molecule has 1 aromatic heterocycles. The molecule has 5 heteroatoms. The van der Waals surface area contributed by atoms with Crippen molar-refractivity contribution in [2.24, 2.45) is 5.73 Å². The Kier molecular flexibility index (Phi) is 5.43. The average molecular weight is 413 g/mol. The van der Waals surface area contributed by atoms with Crippen LogP contribution < -0.4 is 5.73 Å². The first-order valence-electron chi connectivity index (χ1n) is 11.1. The van der Waals surface area contributed by atoms with Gasteiger partial charge in [0.15, 0.2) is 0 Å². The van der Waals surface area contributed by atoms with E-state index in [2.05, 4.69) is 35.3 Å². The molecule has 5 rings (SSSR count). The van der Waals surface area contributed by atoms with Gasteiger partial charge < -0.3 is 15.6 Å². The number of nitrogens with zero attached hydrogens (tertiary/aromatic N) is 2. The van der Waals surface area contributed by atoms with E-state index in [1.807, 2.05) is 41.3 Å². The van der Waals surface area contributed by atoms with Gasteiger partial charge in [0.05, 0.1) is 11.0 Å². The Morgan fingerprint density at radius 2 is 1.90 bits per heavy atom. The lowest BCUT2D eigenvalue weighted by Crippen LogP contribution is -2.42. The predicted octanol–water partition coefficient (Wildman–Crippen LogP) is 4.38. The largest absolute Gasteiger partial charge is 0.342 e. The minimum Gasteiger partial charge on any atom is -0.342 e. The van der Waals surface area contributed by atoms with Crippen LogP contribution in [0.15, 0.2) is 66.7 Å². The van der Waals surface area contributed by atoms with Crippen LogP contribution in [0.3, 0.4) is 0 Å². The van der Waals surface area contributed by atoms with Crippen LogP contribution in [0, 0.1) is 0 Å². The number of imidazole rings is 1. The Bertz CT molecular complexity index is 1180. The van der Waals surface area contributed by atoms with Crippen LogP contribution in [0.5, 0.6) is 0 Å². The molecule has 5 nitrogen and oxygen atoms in total. The van der Waals surface area contributed by atoms with Crippen LogP contribution in [0.2, 0.25) is 0 Å². The number of nitrogens with two attached hydrogens (primary N) is 1. The molecule has 4 aromatic rings. The second-order valence-corrected chi connectivity index (χ2v) is 8.67. The topological polar surface area (TPSA) is 75.0 Å². The normalized spacial score (nSPS) is 17.8. The number of aromatic nitrogens is 2. The van der Waals surface area contributed by atoms with E-state index in [0.717, 1.165) is 36.2 Å². The molecule has 3 N–H and O–H groups in total. The number of carbonyl (C=O) groups excluding carboxylic acids is 1. The number of nitrogens with one attached hydrogen (secondary N) is 1. The van der Waals surface area contributed by atoms with Crippen LogP contribution in [0.4, 0.5) is 0 Å². The summed E-state index contributed by atoms with van der Waals surface area (Å²) >= 11 is 0. The summed E-state index contributed by atoms with van der Waals surface area (Å²) in [5, 5.41) is 2.43. The maximum absolute atomic E-state index is 13.0. The van der Waals surface area contributed by atoms with E-state index >= 15 is 0 Å². The number of likely N-dealkylation sites (tertiary alicyclic amines) is 1. The molecule has 3 aromatic carbocycles. The fourth-order valence-electron chi connectivity index (χ4n) is 4.69. The number of benzene rings is 3. The lowest BCUT2D eigenvalue weighted by atomic mass is 9.96. The van der Waals surface area contributed by atoms with Gasteiger partial charge in [0.2, 0.25) is 5.91 Å². The minimum atomic E-state index is -0.180. The summed E-state index contributed by atoms with van der Waals surface area (Å²) in [5.74, 6) is 1.38. The minimum absolute atomic E-state index is 0.147. The van der Waals surface area contributed by atoms with E-state index in [-0.39, 0.29) is 17.9 Å². The van der Waals surface area contributed by atoms with Crippen molar-refractivity contribution in [3.63, 3.8) is 0 Å². The number of para-hydroxylation sites is 2. The molecule has 1 unspecified atom stereocenters.